The normalized spacial score (nSPS) is 10.7. The lowest BCUT2D eigenvalue weighted by Gasteiger charge is -2.09. The lowest BCUT2D eigenvalue weighted by atomic mass is 10.2. The van der Waals surface area contributed by atoms with E-state index in [1.165, 1.54) is 5.56 Å². The first kappa shape index (κ1) is 16.6. The van der Waals surface area contributed by atoms with Crippen LogP contribution >= 0.6 is 0 Å². The molecule has 0 saturated carbocycles. The van der Waals surface area contributed by atoms with Gasteiger partial charge in [-0.05, 0) is 52.0 Å². The Labute approximate surface area is 155 Å². The zero-order valence-corrected chi connectivity index (χ0v) is 14.7. The highest BCUT2D eigenvalue weighted by molar-refractivity contribution is 5.41. The molecule has 2 aromatic heterocycles. The van der Waals surface area contributed by atoms with Gasteiger partial charge >= 0.3 is 0 Å². The van der Waals surface area contributed by atoms with E-state index in [0.29, 0.717) is 25.0 Å². The van der Waals surface area contributed by atoms with Crippen LogP contribution in [0.2, 0.25) is 0 Å². The SMILES string of the molecule is Cc1ccc(-n2nnnc2NCCNc2nnnn2-c2ccccc2)cc1. The van der Waals surface area contributed by atoms with Crippen molar-refractivity contribution >= 4 is 11.9 Å². The third kappa shape index (κ3) is 3.73. The van der Waals surface area contributed by atoms with E-state index < -0.39 is 0 Å². The van der Waals surface area contributed by atoms with Gasteiger partial charge in [0.05, 0.1) is 11.4 Å². The molecular formula is C17H18N10. The molecule has 10 nitrogen and oxygen atoms in total. The first-order valence-electron chi connectivity index (χ1n) is 8.48. The number of nitrogens with one attached hydrogen (secondary N) is 2. The zero-order chi connectivity index (χ0) is 18.5. The van der Waals surface area contributed by atoms with Crippen LogP contribution in [0.3, 0.4) is 0 Å². The van der Waals surface area contributed by atoms with Crippen LogP contribution in [-0.2, 0) is 0 Å². The van der Waals surface area contributed by atoms with Gasteiger partial charge < -0.3 is 10.6 Å². The molecule has 0 aliphatic rings. The van der Waals surface area contributed by atoms with Crippen molar-refractivity contribution in [1.29, 1.82) is 0 Å². The number of tetrazole rings is 2. The molecule has 2 heterocycles. The first-order valence-corrected chi connectivity index (χ1v) is 8.48. The summed E-state index contributed by atoms with van der Waals surface area (Å²) in [6.07, 6.45) is 0. The van der Waals surface area contributed by atoms with E-state index >= 15 is 0 Å². The molecule has 2 aromatic carbocycles. The summed E-state index contributed by atoms with van der Waals surface area (Å²) in [7, 11) is 0. The average molecular weight is 362 g/mol. The predicted molar refractivity (Wildman–Crippen MR) is 100 cm³/mol. The lowest BCUT2D eigenvalue weighted by molar-refractivity contribution is 0.787. The maximum atomic E-state index is 4.03. The minimum absolute atomic E-state index is 0.570. The molecule has 4 aromatic rings. The third-order valence-electron chi connectivity index (χ3n) is 3.91. The van der Waals surface area contributed by atoms with Crippen molar-refractivity contribution in [2.24, 2.45) is 0 Å². The fourth-order valence-corrected chi connectivity index (χ4v) is 2.55. The number of aromatic nitrogens is 8. The summed E-state index contributed by atoms with van der Waals surface area (Å²) < 4.78 is 3.31. The molecule has 0 fully saturated rings. The molecule has 0 atom stereocenters. The number of hydrogen-bond donors (Lipinski definition) is 2. The van der Waals surface area contributed by atoms with Crippen LogP contribution in [0.1, 0.15) is 5.56 Å². The molecule has 0 unspecified atom stereocenters. The van der Waals surface area contributed by atoms with E-state index in [4.69, 9.17) is 0 Å². The monoisotopic (exact) mass is 362 g/mol. The van der Waals surface area contributed by atoms with E-state index in [-0.39, 0.29) is 0 Å². The fourth-order valence-electron chi connectivity index (χ4n) is 2.55. The molecule has 0 radical (unpaired) electrons. The lowest BCUT2D eigenvalue weighted by Crippen LogP contribution is -2.18. The number of nitrogens with zero attached hydrogens (tertiary/aromatic N) is 8. The van der Waals surface area contributed by atoms with Crippen molar-refractivity contribution in [3.8, 4) is 11.4 Å². The smallest absolute Gasteiger partial charge is 0.247 e. The summed E-state index contributed by atoms with van der Waals surface area (Å²) in [5.41, 5.74) is 2.97. The molecule has 0 bridgehead atoms. The summed E-state index contributed by atoms with van der Waals surface area (Å²) in [4.78, 5) is 0. The van der Waals surface area contributed by atoms with E-state index in [0.717, 1.165) is 11.4 Å². The second-order valence-electron chi connectivity index (χ2n) is 5.85. The van der Waals surface area contributed by atoms with Gasteiger partial charge in [0.15, 0.2) is 0 Å². The number of benzene rings is 2. The van der Waals surface area contributed by atoms with Crippen LogP contribution < -0.4 is 10.6 Å². The Morgan fingerprint density at radius 3 is 1.78 bits per heavy atom. The quantitative estimate of drug-likeness (QED) is 0.476. The van der Waals surface area contributed by atoms with Crippen molar-refractivity contribution < 1.29 is 0 Å². The van der Waals surface area contributed by atoms with Crippen LogP contribution in [0, 0.1) is 6.92 Å². The highest BCUT2D eigenvalue weighted by Gasteiger charge is 2.09. The summed E-state index contributed by atoms with van der Waals surface area (Å²) in [6, 6.07) is 17.7. The van der Waals surface area contributed by atoms with Crippen molar-refractivity contribution in [3.05, 3.63) is 60.2 Å². The minimum atomic E-state index is 0.570. The molecule has 0 aliphatic carbocycles. The summed E-state index contributed by atoms with van der Waals surface area (Å²) in [5, 5.41) is 30.0. The number of para-hydroxylation sites is 1. The second-order valence-corrected chi connectivity index (χ2v) is 5.85. The molecule has 27 heavy (non-hydrogen) atoms. The Bertz CT molecular complexity index is 990. The number of hydrogen-bond acceptors (Lipinski definition) is 8. The molecule has 0 amide bonds. The van der Waals surface area contributed by atoms with Crippen LogP contribution in [0.25, 0.3) is 11.4 Å². The minimum Gasteiger partial charge on any atom is -0.351 e. The second kappa shape index (κ2) is 7.60. The van der Waals surface area contributed by atoms with Gasteiger partial charge in [0, 0.05) is 13.1 Å². The number of aryl methyl sites for hydroxylation is 1. The highest BCUT2D eigenvalue weighted by Crippen LogP contribution is 2.12. The molecule has 136 valence electrons. The third-order valence-corrected chi connectivity index (χ3v) is 3.91. The molecule has 0 spiro atoms. The van der Waals surface area contributed by atoms with Crippen LogP contribution in [0.5, 0.6) is 0 Å². The topological polar surface area (TPSA) is 111 Å². The van der Waals surface area contributed by atoms with Crippen molar-refractivity contribution in [2.75, 3.05) is 23.7 Å². The van der Waals surface area contributed by atoms with E-state index in [1.54, 1.807) is 9.36 Å². The summed E-state index contributed by atoms with van der Waals surface area (Å²) >= 11 is 0. The summed E-state index contributed by atoms with van der Waals surface area (Å²) in [6.45, 7) is 3.22. The maximum Gasteiger partial charge on any atom is 0.247 e. The molecule has 10 heteroatoms. The van der Waals surface area contributed by atoms with E-state index in [9.17, 15) is 0 Å². The first-order chi connectivity index (χ1) is 13.3. The van der Waals surface area contributed by atoms with Crippen molar-refractivity contribution in [3.63, 3.8) is 0 Å². The van der Waals surface area contributed by atoms with Gasteiger partial charge in [-0.3, -0.25) is 0 Å². The molecule has 0 saturated heterocycles. The largest absolute Gasteiger partial charge is 0.351 e. The van der Waals surface area contributed by atoms with Crippen LogP contribution in [-0.4, -0.2) is 53.5 Å². The number of anilines is 2. The van der Waals surface area contributed by atoms with Gasteiger partial charge in [0.2, 0.25) is 11.9 Å². The van der Waals surface area contributed by atoms with E-state index in [1.807, 2.05) is 61.5 Å². The predicted octanol–water partition coefficient (Wildman–Crippen LogP) is 1.47. The van der Waals surface area contributed by atoms with Gasteiger partial charge in [0.25, 0.3) is 0 Å². The number of rotatable bonds is 7. The fraction of sp³-hybridized carbons (Fsp3) is 0.176. The standard InChI is InChI=1S/C17H18N10/c1-13-7-9-15(10-8-13)27-17(21-23-25-27)19-12-11-18-16-20-22-24-26(16)14-5-3-2-4-6-14/h2-10H,11-12H2,1H3,(H,18,20,24)(H,19,21,25). The van der Waals surface area contributed by atoms with Gasteiger partial charge in [-0.25, -0.2) is 0 Å². The zero-order valence-electron chi connectivity index (χ0n) is 14.7. The Kier molecular flexibility index (Phi) is 4.68. The molecular weight excluding hydrogens is 344 g/mol. The molecule has 0 aliphatic heterocycles. The Morgan fingerprint density at radius 1 is 0.704 bits per heavy atom. The summed E-state index contributed by atoms with van der Waals surface area (Å²) in [5.74, 6) is 1.14. The van der Waals surface area contributed by atoms with Gasteiger partial charge in [0.1, 0.15) is 0 Å². The Morgan fingerprint density at radius 2 is 1.22 bits per heavy atom. The van der Waals surface area contributed by atoms with E-state index in [2.05, 4.69) is 41.7 Å². The molecule has 2 N–H and O–H groups in total. The van der Waals surface area contributed by atoms with Crippen molar-refractivity contribution in [1.82, 2.24) is 40.4 Å². The van der Waals surface area contributed by atoms with Crippen LogP contribution in [0.4, 0.5) is 11.9 Å². The Hall–Kier alpha value is -3.82. The Balaban J connectivity index is 1.36. The maximum absolute atomic E-state index is 4.03. The molecule has 4 rings (SSSR count). The van der Waals surface area contributed by atoms with Gasteiger partial charge in [-0.1, -0.05) is 46.1 Å². The highest BCUT2D eigenvalue weighted by atomic mass is 15.6. The average Bonchev–Trinajstić information content (AvgIpc) is 3.36. The van der Waals surface area contributed by atoms with Crippen LogP contribution in [0.15, 0.2) is 54.6 Å². The van der Waals surface area contributed by atoms with Gasteiger partial charge in [-0.15, -0.1) is 0 Å². The van der Waals surface area contributed by atoms with Crippen molar-refractivity contribution in [2.45, 2.75) is 6.92 Å². The van der Waals surface area contributed by atoms with Gasteiger partial charge in [-0.2, -0.15) is 9.36 Å².